The lowest BCUT2D eigenvalue weighted by atomic mass is 9.93. The smallest absolute Gasteiger partial charge is 0.148 e. The summed E-state index contributed by atoms with van der Waals surface area (Å²) >= 11 is 1.64. The molecule has 3 aromatic heterocycles. The van der Waals surface area contributed by atoms with E-state index in [9.17, 15) is 10.2 Å². The van der Waals surface area contributed by atoms with E-state index < -0.39 is 0 Å². The van der Waals surface area contributed by atoms with Gasteiger partial charge in [-0.05, 0) is 54.8 Å². The maximum absolute atomic E-state index is 10.1. The van der Waals surface area contributed by atoms with Crippen LogP contribution in [0.2, 0.25) is 0 Å². The second kappa shape index (κ2) is 8.04. The normalized spacial score (nSPS) is 19.2. The van der Waals surface area contributed by atoms with Crippen LogP contribution < -0.4 is 5.32 Å². The number of aromatic hydroxyl groups is 1. The van der Waals surface area contributed by atoms with Crippen LogP contribution in [-0.2, 0) is 6.42 Å². The van der Waals surface area contributed by atoms with Crippen molar-refractivity contribution in [1.82, 2.24) is 19.7 Å². The summed E-state index contributed by atoms with van der Waals surface area (Å²) < 4.78 is 2.73. The molecule has 0 atom stereocenters. The summed E-state index contributed by atoms with van der Waals surface area (Å²) in [5.41, 5.74) is 2.55. The van der Waals surface area contributed by atoms with Crippen molar-refractivity contribution in [3.05, 3.63) is 59.5 Å². The fourth-order valence-electron chi connectivity index (χ4n) is 3.93. The van der Waals surface area contributed by atoms with Crippen molar-refractivity contribution < 1.29 is 10.2 Å². The third kappa shape index (κ3) is 3.88. The van der Waals surface area contributed by atoms with Gasteiger partial charge in [0.15, 0.2) is 0 Å². The van der Waals surface area contributed by atoms with Crippen molar-refractivity contribution in [2.24, 2.45) is 0 Å². The molecule has 1 aliphatic carbocycles. The number of aliphatic hydroxyl groups is 1. The van der Waals surface area contributed by atoms with Gasteiger partial charge in [-0.1, -0.05) is 12.1 Å². The molecular weight excluding hydrogens is 398 g/mol. The Morgan fingerprint density at radius 2 is 1.93 bits per heavy atom. The van der Waals surface area contributed by atoms with Gasteiger partial charge in [0.1, 0.15) is 23.1 Å². The molecule has 0 amide bonds. The van der Waals surface area contributed by atoms with Gasteiger partial charge in [0, 0.05) is 18.7 Å². The summed E-state index contributed by atoms with van der Waals surface area (Å²) in [5, 5.41) is 29.8. The molecule has 7 nitrogen and oxygen atoms in total. The molecular formula is C22H23N5O2S. The molecule has 30 heavy (non-hydrogen) atoms. The highest BCUT2D eigenvalue weighted by Crippen LogP contribution is 2.30. The van der Waals surface area contributed by atoms with Crippen LogP contribution in [0.3, 0.4) is 0 Å². The van der Waals surface area contributed by atoms with Crippen LogP contribution in [0, 0.1) is 0 Å². The van der Waals surface area contributed by atoms with E-state index in [0.717, 1.165) is 53.1 Å². The van der Waals surface area contributed by atoms with Crippen LogP contribution in [0.15, 0.2) is 48.1 Å². The Bertz CT molecular complexity index is 1160. The number of aromatic nitrogens is 4. The number of nitrogens with zero attached hydrogens (tertiary/aromatic N) is 4. The zero-order chi connectivity index (χ0) is 20.5. The molecule has 1 aromatic carbocycles. The molecule has 0 saturated heterocycles. The number of anilines is 1. The number of para-hydroxylation sites is 2. The minimum absolute atomic E-state index is 0.175. The molecule has 0 bridgehead atoms. The van der Waals surface area contributed by atoms with E-state index >= 15 is 0 Å². The number of phenolic OH excluding ortho intramolecular Hbond substituents is 1. The highest BCUT2D eigenvalue weighted by Gasteiger charge is 2.21. The Kier molecular flexibility index (Phi) is 5.10. The monoisotopic (exact) mass is 421 g/mol. The van der Waals surface area contributed by atoms with E-state index in [2.05, 4.69) is 10.4 Å². The number of aliphatic hydroxyl groups excluding tert-OH is 1. The van der Waals surface area contributed by atoms with Crippen LogP contribution in [0.25, 0.3) is 15.9 Å². The highest BCUT2D eigenvalue weighted by molar-refractivity contribution is 7.17. The van der Waals surface area contributed by atoms with Crippen molar-refractivity contribution in [3.8, 4) is 11.4 Å². The summed E-state index contributed by atoms with van der Waals surface area (Å²) in [4.78, 5) is 9.55. The molecule has 154 valence electrons. The highest BCUT2D eigenvalue weighted by atomic mass is 32.1. The Balaban J connectivity index is 1.39. The molecule has 4 aromatic rings. The number of rotatable bonds is 5. The van der Waals surface area contributed by atoms with Crippen molar-refractivity contribution >= 4 is 27.4 Å². The van der Waals surface area contributed by atoms with E-state index in [-0.39, 0.29) is 11.9 Å². The largest absolute Gasteiger partial charge is 0.506 e. The van der Waals surface area contributed by atoms with Gasteiger partial charge in [-0.25, -0.2) is 14.6 Å². The Hall–Kier alpha value is -2.97. The minimum Gasteiger partial charge on any atom is -0.506 e. The quantitative estimate of drug-likeness (QED) is 0.452. The Morgan fingerprint density at radius 1 is 1.10 bits per heavy atom. The average molecular weight is 422 g/mol. The van der Waals surface area contributed by atoms with Gasteiger partial charge in [0.05, 0.1) is 22.5 Å². The summed E-state index contributed by atoms with van der Waals surface area (Å²) in [7, 11) is 0. The second-order valence-electron chi connectivity index (χ2n) is 7.73. The molecule has 0 radical (unpaired) electrons. The number of fused-ring (bicyclic) bond motifs is 1. The topological polar surface area (TPSA) is 96.1 Å². The number of benzene rings is 1. The lowest BCUT2D eigenvalue weighted by Gasteiger charge is -2.26. The van der Waals surface area contributed by atoms with E-state index in [1.165, 1.54) is 0 Å². The number of nitrogens with one attached hydrogen (secondary N) is 1. The van der Waals surface area contributed by atoms with E-state index in [1.807, 2.05) is 29.8 Å². The Morgan fingerprint density at radius 3 is 2.77 bits per heavy atom. The first kappa shape index (κ1) is 19.0. The molecule has 0 unspecified atom stereocenters. The molecule has 0 spiro atoms. The SMILES string of the molecule is Oc1ccccc1-n1cc(Cc2nc(NC3CCC(O)CC3)c3sccc3n2)cn1. The predicted molar refractivity (Wildman–Crippen MR) is 117 cm³/mol. The average Bonchev–Trinajstić information content (AvgIpc) is 3.40. The van der Waals surface area contributed by atoms with Crippen molar-refractivity contribution in [2.75, 3.05) is 5.32 Å². The molecule has 3 heterocycles. The predicted octanol–water partition coefficient (Wildman–Crippen LogP) is 3.89. The van der Waals surface area contributed by atoms with Crippen molar-refractivity contribution in [2.45, 2.75) is 44.2 Å². The third-order valence-electron chi connectivity index (χ3n) is 5.51. The van der Waals surface area contributed by atoms with Gasteiger partial charge in [-0.3, -0.25) is 0 Å². The lowest BCUT2D eigenvalue weighted by Crippen LogP contribution is -2.28. The third-order valence-corrected chi connectivity index (χ3v) is 6.42. The number of hydrogen-bond donors (Lipinski definition) is 3. The summed E-state index contributed by atoms with van der Waals surface area (Å²) in [6, 6.07) is 9.47. The van der Waals surface area contributed by atoms with E-state index in [1.54, 1.807) is 34.3 Å². The standard InChI is InChI=1S/C22H23N5O2S/c28-16-7-5-15(6-8-16)24-22-21-17(9-10-30-21)25-20(26-22)11-14-12-23-27(13-14)18-3-1-2-4-19(18)29/h1-4,9-10,12-13,15-16,28-29H,5-8,11H2,(H,24,25,26). The molecule has 0 aliphatic heterocycles. The second-order valence-corrected chi connectivity index (χ2v) is 8.65. The molecule has 1 saturated carbocycles. The van der Waals surface area contributed by atoms with Crippen LogP contribution in [0.1, 0.15) is 37.1 Å². The molecule has 5 rings (SSSR count). The summed E-state index contributed by atoms with van der Waals surface area (Å²) in [6.45, 7) is 0. The zero-order valence-corrected chi connectivity index (χ0v) is 17.2. The van der Waals surface area contributed by atoms with Crippen molar-refractivity contribution in [3.63, 3.8) is 0 Å². The maximum Gasteiger partial charge on any atom is 0.148 e. The van der Waals surface area contributed by atoms with Crippen LogP contribution in [0.5, 0.6) is 5.75 Å². The van der Waals surface area contributed by atoms with Gasteiger partial charge in [0.25, 0.3) is 0 Å². The number of phenols is 1. The van der Waals surface area contributed by atoms with E-state index in [4.69, 9.17) is 9.97 Å². The van der Waals surface area contributed by atoms with Gasteiger partial charge in [-0.15, -0.1) is 11.3 Å². The molecule has 8 heteroatoms. The van der Waals surface area contributed by atoms with Crippen LogP contribution in [0.4, 0.5) is 5.82 Å². The molecule has 3 N–H and O–H groups in total. The van der Waals surface area contributed by atoms with Gasteiger partial charge < -0.3 is 15.5 Å². The first-order valence-corrected chi connectivity index (χ1v) is 11.0. The van der Waals surface area contributed by atoms with Gasteiger partial charge in [-0.2, -0.15) is 5.10 Å². The summed E-state index contributed by atoms with van der Waals surface area (Å²) in [6.07, 6.45) is 7.60. The first-order valence-electron chi connectivity index (χ1n) is 10.2. The Labute approximate surface area is 178 Å². The number of thiophene rings is 1. The van der Waals surface area contributed by atoms with Gasteiger partial charge >= 0.3 is 0 Å². The zero-order valence-electron chi connectivity index (χ0n) is 16.4. The summed E-state index contributed by atoms with van der Waals surface area (Å²) in [5.74, 6) is 1.79. The number of hydrogen-bond acceptors (Lipinski definition) is 7. The lowest BCUT2D eigenvalue weighted by molar-refractivity contribution is 0.126. The van der Waals surface area contributed by atoms with Crippen LogP contribution >= 0.6 is 11.3 Å². The molecule has 1 aliphatic rings. The fraction of sp³-hybridized carbons (Fsp3) is 0.318. The minimum atomic E-state index is -0.175. The first-order chi connectivity index (χ1) is 14.7. The maximum atomic E-state index is 10.1. The fourth-order valence-corrected chi connectivity index (χ4v) is 4.71. The van der Waals surface area contributed by atoms with Crippen molar-refractivity contribution in [1.29, 1.82) is 0 Å². The van der Waals surface area contributed by atoms with E-state index in [0.29, 0.717) is 18.2 Å². The van der Waals surface area contributed by atoms with Crippen LogP contribution in [-0.4, -0.2) is 42.1 Å². The van der Waals surface area contributed by atoms with Gasteiger partial charge in [0.2, 0.25) is 0 Å². The molecule has 1 fully saturated rings.